The van der Waals surface area contributed by atoms with Gasteiger partial charge in [-0.1, -0.05) is 0 Å². The molecule has 2 aromatic heterocycles. The number of rotatable bonds is 7. The molecule has 1 N–H and O–H groups in total. The lowest BCUT2D eigenvalue weighted by Gasteiger charge is -2.19. The molecule has 8 heteroatoms. The Labute approximate surface area is 137 Å². The normalized spacial score (nSPS) is 11.5. The molecule has 0 atom stereocenters. The topological polar surface area (TPSA) is 78.4 Å². The van der Waals surface area contributed by atoms with E-state index in [0.717, 1.165) is 23.1 Å². The Morgan fingerprint density at radius 3 is 2.35 bits per heavy atom. The highest BCUT2D eigenvalue weighted by molar-refractivity contribution is 7.90. The van der Waals surface area contributed by atoms with Crippen LogP contribution in [-0.4, -0.2) is 50.4 Å². The smallest absolute Gasteiger partial charge is 0.301 e. The lowest BCUT2D eigenvalue weighted by molar-refractivity contribution is 0.527. The Hall–Kier alpha value is -2.19. The fourth-order valence-corrected chi connectivity index (χ4v) is 2.47. The van der Waals surface area contributed by atoms with Gasteiger partial charge in [0.25, 0.3) is 0 Å². The van der Waals surface area contributed by atoms with Crippen molar-refractivity contribution >= 4 is 21.7 Å². The van der Waals surface area contributed by atoms with Crippen LogP contribution in [0.3, 0.4) is 0 Å². The van der Waals surface area contributed by atoms with Crippen molar-refractivity contribution in [3.8, 4) is 0 Å². The molecule has 0 bridgehead atoms. The number of pyridine rings is 2. The molecule has 0 aromatic carbocycles. The van der Waals surface area contributed by atoms with Crippen molar-refractivity contribution in [3.63, 3.8) is 0 Å². The highest BCUT2D eigenvalue weighted by Gasteiger charge is 2.13. The number of nitrogens with zero attached hydrogens (tertiary/aromatic N) is 4. The van der Waals surface area contributed by atoms with Crippen LogP contribution in [-0.2, 0) is 16.6 Å². The molecule has 2 aromatic rings. The van der Waals surface area contributed by atoms with E-state index in [1.54, 1.807) is 24.5 Å². The summed E-state index contributed by atoms with van der Waals surface area (Å²) in [5.74, 6) is 0.784. The van der Waals surface area contributed by atoms with Gasteiger partial charge in [-0.05, 0) is 36.2 Å². The minimum Gasteiger partial charge on any atom is -0.359 e. The first-order valence-corrected chi connectivity index (χ1v) is 8.59. The third kappa shape index (κ3) is 4.90. The van der Waals surface area contributed by atoms with E-state index in [0.29, 0.717) is 5.69 Å². The van der Waals surface area contributed by atoms with Gasteiger partial charge in [-0.15, -0.1) is 0 Å². The zero-order valence-electron chi connectivity index (χ0n) is 13.5. The van der Waals surface area contributed by atoms with Gasteiger partial charge in [-0.2, -0.15) is 12.7 Å². The van der Waals surface area contributed by atoms with E-state index < -0.39 is 10.2 Å². The fraction of sp³-hybridized carbons (Fsp3) is 0.333. The van der Waals surface area contributed by atoms with Crippen LogP contribution in [0.2, 0.25) is 0 Å². The standard InChI is InChI=1S/C15H21N5O2S/c1-19(2)23(21,22)18-14-4-5-15(17-12-14)20(3)11-8-13-6-9-16-10-7-13/h4-7,9-10,12,18H,8,11H2,1-3H3. The first-order valence-electron chi connectivity index (χ1n) is 7.15. The number of aromatic nitrogens is 2. The summed E-state index contributed by atoms with van der Waals surface area (Å²) >= 11 is 0. The van der Waals surface area contributed by atoms with Gasteiger partial charge in [0.05, 0.1) is 11.9 Å². The Morgan fingerprint density at radius 2 is 1.78 bits per heavy atom. The van der Waals surface area contributed by atoms with Gasteiger partial charge in [0.1, 0.15) is 5.82 Å². The summed E-state index contributed by atoms with van der Waals surface area (Å²) in [7, 11) is 1.38. The van der Waals surface area contributed by atoms with Crippen molar-refractivity contribution in [2.75, 3.05) is 37.3 Å². The van der Waals surface area contributed by atoms with Crippen LogP contribution in [0.15, 0.2) is 42.9 Å². The van der Waals surface area contributed by atoms with Crippen LogP contribution in [0.1, 0.15) is 5.56 Å². The lowest BCUT2D eigenvalue weighted by atomic mass is 10.2. The first-order chi connectivity index (χ1) is 10.9. The summed E-state index contributed by atoms with van der Waals surface area (Å²) in [5, 5.41) is 0. The molecule has 0 unspecified atom stereocenters. The predicted octanol–water partition coefficient (Wildman–Crippen LogP) is 1.37. The molecule has 23 heavy (non-hydrogen) atoms. The third-order valence-corrected chi connectivity index (χ3v) is 4.81. The van der Waals surface area contributed by atoms with Gasteiger partial charge in [-0.3, -0.25) is 9.71 Å². The molecule has 0 saturated carbocycles. The average Bonchev–Trinajstić information content (AvgIpc) is 2.54. The number of hydrogen-bond donors (Lipinski definition) is 1. The van der Waals surface area contributed by atoms with Crippen molar-refractivity contribution in [2.24, 2.45) is 0 Å². The van der Waals surface area contributed by atoms with Crippen molar-refractivity contribution in [3.05, 3.63) is 48.4 Å². The molecule has 0 saturated heterocycles. The highest BCUT2D eigenvalue weighted by Crippen LogP contribution is 2.15. The highest BCUT2D eigenvalue weighted by atomic mass is 32.2. The number of likely N-dealkylation sites (N-methyl/N-ethyl adjacent to an activating group) is 1. The minimum atomic E-state index is -3.51. The Kier molecular flexibility index (Phi) is 5.51. The Bertz CT molecular complexity index is 717. The Balaban J connectivity index is 1.96. The van der Waals surface area contributed by atoms with Crippen molar-refractivity contribution in [1.82, 2.24) is 14.3 Å². The molecular weight excluding hydrogens is 314 g/mol. The summed E-state index contributed by atoms with van der Waals surface area (Å²) in [4.78, 5) is 10.3. The average molecular weight is 335 g/mol. The lowest BCUT2D eigenvalue weighted by Crippen LogP contribution is -2.29. The van der Waals surface area contributed by atoms with Gasteiger partial charge >= 0.3 is 10.2 Å². The van der Waals surface area contributed by atoms with Crippen LogP contribution in [0.25, 0.3) is 0 Å². The molecule has 0 radical (unpaired) electrons. The van der Waals surface area contributed by atoms with Gasteiger partial charge in [0.15, 0.2) is 0 Å². The molecule has 0 aliphatic carbocycles. The van der Waals surface area contributed by atoms with Crippen molar-refractivity contribution < 1.29 is 8.42 Å². The van der Waals surface area contributed by atoms with Crippen LogP contribution in [0, 0.1) is 0 Å². The third-order valence-electron chi connectivity index (χ3n) is 3.35. The van der Waals surface area contributed by atoms with E-state index in [2.05, 4.69) is 14.7 Å². The molecule has 7 nitrogen and oxygen atoms in total. The summed E-state index contributed by atoms with van der Waals surface area (Å²) in [6, 6.07) is 7.47. The summed E-state index contributed by atoms with van der Waals surface area (Å²) in [5.41, 5.74) is 1.65. The maximum atomic E-state index is 11.7. The first kappa shape index (κ1) is 17.2. The predicted molar refractivity (Wildman–Crippen MR) is 91.7 cm³/mol. The molecule has 2 heterocycles. The second-order valence-corrected chi connectivity index (χ2v) is 7.21. The zero-order valence-corrected chi connectivity index (χ0v) is 14.3. The quantitative estimate of drug-likeness (QED) is 0.827. The van der Waals surface area contributed by atoms with E-state index in [4.69, 9.17) is 0 Å². The van der Waals surface area contributed by atoms with Gasteiger partial charge < -0.3 is 4.90 Å². The van der Waals surface area contributed by atoms with E-state index in [-0.39, 0.29) is 0 Å². The van der Waals surface area contributed by atoms with E-state index in [1.165, 1.54) is 25.9 Å². The number of nitrogens with one attached hydrogen (secondary N) is 1. The fourth-order valence-electron chi connectivity index (χ4n) is 1.87. The largest absolute Gasteiger partial charge is 0.359 e. The summed E-state index contributed by atoms with van der Waals surface area (Å²) in [6.45, 7) is 0.805. The van der Waals surface area contributed by atoms with Crippen molar-refractivity contribution in [1.29, 1.82) is 0 Å². The summed E-state index contributed by atoms with van der Waals surface area (Å²) < 4.78 is 27.1. The number of anilines is 2. The maximum Gasteiger partial charge on any atom is 0.301 e. The van der Waals surface area contributed by atoms with E-state index in [9.17, 15) is 8.42 Å². The number of hydrogen-bond acceptors (Lipinski definition) is 5. The van der Waals surface area contributed by atoms with Gasteiger partial charge in [0.2, 0.25) is 0 Å². The van der Waals surface area contributed by atoms with Crippen LogP contribution in [0.5, 0.6) is 0 Å². The van der Waals surface area contributed by atoms with E-state index >= 15 is 0 Å². The molecule has 0 fully saturated rings. The van der Waals surface area contributed by atoms with Crippen LogP contribution >= 0.6 is 0 Å². The molecule has 124 valence electrons. The molecule has 2 rings (SSSR count). The Morgan fingerprint density at radius 1 is 1.09 bits per heavy atom. The SMILES string of the molecule is CN(CCc1ccncc1)c1ccc(NS(=O)(=O)N(C)C)cn1. The monoisotopic (exact) mass is 335 g/mol. The second-order valence-electron chi connectivity index (χ2n) is 5.32. The van der Waals surface area contributed by atoms with E-state index in [1.807, 2.05) is 24.1 Å². The molecule has 0 aliphatic rings. The van der Waals surface area contributed by atoms with Gasteiger partial charge in [0, 0.05) is 40.1 Å². The summed E-state index contributed by atoms with van der Waals surface area (Å²) in [6.07, 6.45) is 5.95. The van der Waals surface area contributed by atoms with Gasteiger partial charge in [-0.25, -0.2) is 4.98 Å². The molecular formula is C15H21N5O2S. The minimum absolute atomic E-state index is 0.435. The van der Waals surface area contributed by atoms with Crippen LogP contribution < -0.4 is 9.62 Å². The van der Waals surface area contributed by atoms with Crippen molar-refractivity contribution in [2.45, 2.75) is 6.42 Å². The molecule has 0 spiro atoms. The zero-order chi connectivity index (χ0) is 16.9. The molecule has 0 aliphatic heterocycles. The second kappa shape index (κ2) is 7.38. The molecule has 0 amide bonds. The van der Waals surface area contributed by atoms with Crippen LogP contribution in [0.4, 0.5) is 11.5 Å². The maximum absolute atomic E-state index is 11.7.